The SMILES string of the molecule is CCOc1cc(/C=N\OCc2ccccc2C#N)cc(Br)c1OCC. The summed E-state index contributed by atoms with van der Waals surface area (Å²) < 4.78 is 12.0. The van der Waals surface area contributed by atoms with E-state index in [1.54, 1.807) is 12.3 Å². The topological polar surface area (TPSA) is 63.8 Å². The number of nitriles is 1. The van der Waals surface area contributed by atoms with Gasteiger partial charge in [0.2, 0.25) is 0 Å². The minimum absolute atomic E-state index is 0.233. The first-order valence-electron chi connectivity index (χ1n) is 7.92. The molecule has 2 aromatic rings. The highest BCUT2D eigenvalue weighted by molar-refractivity contribution is 9.10. The van der Waals surface area contributed by atoms with Crippen molar-refractivity contribution in [2.75, 3.05) is 13.2 Å². The van der Waals surface area contributed by atoms with Crippen molar-refractivity contribution in [2.24, 2.45) is 5.16 Å². The molecule has 0 spiro atoms. The molecule has 0 heterocycles. The van der Waals surface area contributed by atoms with Gasteiger partial charge in [-0.2, -0.15) is 5.26 Å². The number of nitrogens with zero attached hydrogens (tertiary/aromatic N) is 2. The zero-order valence-corrected chi connectivity index (χ0v) is 15.7. The van der Waals surface area contributed by atoms with Gasteiger partial charge in [-0.05, 0) is 48.0 Å². The van der Waals surface area contributed by atoms with Crippen LogP contribution in [0.2, 0.25) is 0 Å². The third-order valence-corrected chi connectivity index (χ3v) is 3.84. The Labute approximate surface area is 155 Å². The second kappa shape index (κ2) is 9.70. The molecule has 6 heteroatoms. The van der Waals surface area contributed by atoms with E-state index in [2.05, 4.69) is 27.2 Å². The maximum absolute atomic E-state index is 9.06. The van der Waals surface area contributed by atoms with Crippen LogP contribution >= 0.6 is 15.9 Å². The highest BCUT2D eigenvalue weighted by Gasteiger charge is 2.11. The van der Waals surface area contributed by atoms with E-state index in [1.165, 1.54) is 0 Å². The molecule has 0 aliphatic rings. The molecule has 5 nitrogen and oxygen atoms in total. The minimum Gasteiger partial charge on any atom is -0.490 e. The van der Waals surface area contributed by atoms with Crippen LogP contribution in [0, 0.1) is 11.3 Å². The molecule has 0 saturated heterocycles. The van der Waals surface area contributed by atoms with E-state index in [-0.39, 0.29) is 6.61 Å². The monoisotopic (exact) mass is 402 g/mol. The Morgan fingerprint density at radius 2 is 1.92 bits per heavy atom. The van der Waals surface area contributed by atoms with Crippen molar-refractivity contribution in [3.8, 4) is 17.6 Å². The highest BCUT2D eigenvalue weighted by atomic mass is 79.9. The standard InChI is InChI=1S/C19H19BrN2O3/c1-3-23-18-10-14(9-17(20)19(18)24-4-2)12-22-25-13-16-8-6-5-7-15(16)11-21/h5-10,12H,3-4,13H2,1-2H3/b22-12-. The third kappa shape index (κ3) is 5.23. The number of halogens is 1. The summed E-state index contributed by atoms with van der Waals surface area (Å²) in [7, 11) is 0. The molecule has 0 bridgehead atoms. The molecule has 0 aliphatic carbocycles. The number of ether oxygens (including phenoxy) is 2. The first-order valence-corrected chi connectivity index (χ1v) is 8.71. The van der Waals surface area contributed by atoms with Gasteiger partial charge < -0.3 is 14.3 Å². The van der Waals surface area contributed by atoms with E-state index in [0.717, 1.165) is 15.6 Å². The van der Waals surface area contributed by atoms with Gasteiger partial charge in [0, 0.05) is 11.1 Å². The van der Waals surface area contributed by atoms with Crippen LogP contribution in [-0.2, 0) is 11.4 Å². The van der Waals surface area contributed by atoms with Gasteiger partial charge in [0.05, 0.1) is 35.5 Å². The van der Waals surface area contributed by atoms with Gasteiger partial charge in [-0.3, -0.25) is 0 Å². The summed E-state index contributed by atoms with van der Waals surface area (Å²) in [6.07, 6.45) is 1.60. The number of hydrogen-bond acceptors (Lipinski definition) is 5. The fourth-order valence-electron chi connectivity index (χ4n) is 2.17. The van der Waals surface area contributed by atoms with Crippen molar-refractivity contribution < 1.29 is 14.3 Å². The third-order valence-electron chi connectivity index (χ3n) is 3.25. The summed E-state index contributed by atoms with van der Waals surface area (Å²) >= 11 is 3.49. The van der Waals surface area contributed by atoms with Crippen molar-refractivity contribution in [3.63, 3.8) is 0 Å². The molecule has 0 unspecified atom stereocenters. The van der Waals surface area contributed by atoms with Crippen molar-refractivity contribution in [2.45, 2.75) is 20.5 Å². The second-order valence-corrected chi connectivity index (χ2v) is 5.83. The Kier molecular flexibility index (Phi) is 7.30. The van der Waals surface area contributed by atoms with Crippen LogP contribution in [0.25, 0.3) is 0 Å². The van der Waals surface area contributed by atoms with Gasteiger partial charge >= 0.3 is 0 Å². The molecule has 0 N–H and O–H groups in total. The van der Waals surface area contributed by atoms with E-state index >= 15 is 0 Å². The molecule has 0 amide bonds. The number of oxime groups is 1. The minimum atomic E-state index is 0.233. The molecule has 25 heavy (non-hydrogen) atoms. The molecule has 0 atom stereocenters. The zero-order chi connectivity index (χ0) is 18.1. The normalized spacial score (nSPS) is 10.5. The fraction of sp³-hybridized carbons (Fsp3) is 0.263. The predicted octanol–water partition coefficient (Wildman–Crippen LogP) is 4.67. The lowest BCUT2D eigenvalue weighted by molar-refractivity contribution is 0.132. The van der Waals surface area contributed by atoms with Crippen LogP contribution in [0.5, 0.6) is 11.5 Å². The van der Waals surface area contributed by atoms with Crippen LogP contribution in [0.1, 0.15) is 30.5 Å². The van der Waals surface area contributed by atoms with Gasteiger partial charge in [-0.25, -0.2) is 0 Å². The quantitative estimate of drug-likeness (QED) is 0.475. The van der Waals surface area contributed by atoms with Crippen molar-refractivity contribution in [1.82, 2.24) is 0 Å². The Hall–Kier alpha value is -2.52. The Bertz CT molecular complexity index is 785. The molecule has 2 rings (SSSR count). The van der Waals surface area contributed by atoms with Crippen molar-refractivity contribution >= 4 is 22.1 Å². The lowest BCUT2D eigenvalue weighted by Crippen LogP contribution is -2.00. The highest BCUT2D eigenvalue weighted by Crippen LogP contribution is 2.36. The zero-order valence-electron chi connectivity index (χ0n) is 14.2. The van der Waals surface area contributed by atoms with E-state index in [9.17, 15) is 0 Å². The van der Waals surface area contributed by atoms with Crippen LogP contribution in [0.4, 0.5) is 0 Å². The fourth-order valence-corrected chi connectivity index (χ4v) is 2.74. The summed E-state index contributed by atoms with van der Waals surface area (Å²) in [5.74, 6) is 1.32. The van der Waals surface area contributed by atoms with Crippen LogP contribution in [0.3, 0.4) is 0 Å². The maximum atomic E-state index is 9.06. The van der Waals surface area contributed by atoms with Gasteiger partial charge in [-0.1, -0.05) is 23.4 Å². The lowest BCUT2D eigenvalue weighted by Gasteiger charge is -2.13. The van der Waals surface area contributed by atoms with Gasteiger partial charge in [0.1, 0.15) is 6.61 Å². The van der Waals surface area contributed by atoms with Gasteiger partial charge in [-0.15, -0.1) is 0 Å². The molecule has 0 aromatic heterocycles. The Morgan fingerprint density at radius 1 is 1.16 bits per heavy atom. The number of rotatable bonds is 8. The van der Waals surface area contributed by atoms with E-state index < -0.39 is 0 Å². The number of hydrogen-bond donors (Lipinski definition) is 0. The average molecular weight is 403 g/mol. The molecular weight excluding hydrogens is 384 g/mol. The first-order chi connectivity index (χ1) is 12.2. The Morgan fingerprint density at radius 3 is 2.64 bits per heavy atom. The first kappa shape index (κ1) is 18.8. The van der Waals surface area contributed by atoms with Gasteiger partial charge in [0.15, 0.2) is 11.5 Å². The van der Waals surface area contributed by atoms with E-state index in [4.69, 9.17) is 19.6 Å². The molecular formula is C19H19BrN2O3. The second-order valence-electron chi connectivity index (χ2n) is 4.97. The predicted molar refractivity (Wildman–Crippen MR) is 100 cm³/mol. The van der Waals surface area contributed by atoms with Crippen LogP contribution < -0.4 is 9.47 Å². The molecule has 0 radical (unpaired) electrons. The molecule has 0 aliphatic heterocycles. The molecule has 2 aromatic carbocycles. The van der Waals surface area contributed by atoms with Crippen LogP contribution in [0.15, 0.2) is 46.0 Å². The lowest BCUT2D eigenvalue weighted by atomic mass is 10.1. The average Bonchev–Trinajstić information content (AvgIpc) is 2.62. The summed E-state index contributed by atoms with van der Waals surface area (Å²) in [4.78, 5) is 5.31. The van der Waals surface area contributed by atoms with E-state index in [0.29, 0.717) is 30.3 Å². The summed E-state index contributed by atoms with van der Waals surface area (Å²) in [6.45, 7) is 5.16. The molecule has 0 saturated carbocycles. The summed E-state index contributed by atoms with van der Waals surface area (Å²) in [5.41, 5.74) is 2.19. The molecule has 0 fully saturated rings. The summed E-state index contributed by atoms with van der Waals surface area (Å²) in [6, 6.07) is 13.1. The van der Waals surface area contributed by atoms with Crippen molar-refractivity contribution in [3.05, 3.63) is 57.6 Å². The van der Waals surface area contributed by atoms with Gasteiger partial charge in [0.25, 0.3) is 0 Å². The largest absolute Gasteiger partial charge is 0.490 e. The Balaban J connectivity index is 2.09. The van der Waals surface area contributed by atoms with Crippen molar-refractivity contribution in [1.29, 1.82) is 5.26 Å². The van der Waals surface area contributed by atoms with E-state index in [1.807, 2.05) is 44.2 Å². The maximum Gasteiger partial charge on any atom is 0.175 e. The summed E-state index contributed by atoms with van der Waals surface area (Å²) in [5, 5.41) is 13.0. The molecule has 130 valence electrons. The van der Waals surface area contributed by atoms with Crippen LogP contribution in [-0.4, -0.2) is 19.4 Å². The number of benzene rings is 2. The smallest absolute Gasteiger partial charge is 0.175 e.